The average molecular weight is 757 g/mol. The van der Waals surface area contributed by atoms with E-state index in [9.17, 15) is 0 Å². The molecule has 0 fully saturated rings. The van der Waals surface area contributed by atoms with Crippen LogP contribution >= 0.6 is 0 Å². The molecule has 0 aliphatic rings. The third-order valence-corrected chi connectivity index (χ3v) is 13.1. The van der Waals surface area contributed by atoms with Gasteiger partial charge in [-0.1, -0.05) is 188 Å². The first-order chi connectivity index (χ1) is 29.7. The molecule has 0 heteroatoms. The summed E-state index contributed by atoms with van der Waals surface area (Å²) in [6.07, 6.45) is 0. The summed E-state index contributed by atoms with van der Waals surface area (Å²) in [5.74, 6) is 0. The zero-order chi connectivity index (χ0) is 39.3. The molecule has 0 amide bonds. The maximum atomic E-state index is 2.41. The van der Waals surface area contributed by atoms with E-state index in [2.05, 4.69) is 218 Å². The van der Waals surface area contributed by atoms with Crippen LogP contribution in [0.25, 0.3) is 130 Å². The molecule has 0 atom stereocenters. The summed E-state index contributed by atoms with van der Waals surface area (Å²) >= 11 is 0. The number of rotatable bonds is 3. The molecule has 0 N–H and O–H groups in total. The van der Waals surface area contributed by atoms with Gasteiger partial charge in [0.05, 0.1) is 0 Å². The summed E-state index contributed by atoms with van der Waals surface area (Å²) in [5.41, 5.74) is 7.49. The smallest absolute Gasteiger partial charge is 0.00201 e. The normalized spacial score (nSPS) is 12.0. The molecular formula is C60H36. The molecule has 0 saturated carbocycles. The van der Waals surface area contributed by atoms with Gasteiger partial charge in [0.2, 0.25) is 0 Å². The standard InChI is InChI=1S/C60H36/c1-3-11-49-37(8-1)10-7-15-50(49)46-26-30-53-44(34-46)21-19-42-32-40(24-28-51(42)53)41-25-29-52-43(33-41)20-22-45-35-47(27-31-54(45)52)58-36-48-23-18-39-17-16-38-9-2-4-12-55(38)59(39)60(48)57-14-6-5-13-56(57)58/h1-36H. The van der Waals surface area contributed by atoms with E-state index in [0.717, 1.165) is 0 Å². The first-order valence-corrected chi connectivity index (χ1v) is 20.9. The maximum absolute atomic E-state index is 2.41. The summed E-state index contributed by atoms with van der Waals surface area (Å²) < 4.78 is 0. The molecule has 276 valence electrons. The minimum absolute atomic E-state index is 1.23. The van der Waals surface area contributed by atoms with Gasteiger partial charge in [-0.2, -0.15) is 0 Å². The minimum atomic E-state index is 1.23. The average Bonchev–Trinajstić information content (AvgIpc) is 3.32. The third kappa shape index (κ3) is 5.04. The zero-order valence-electron chi connectivity index (χ0n) is 32.8. The van der Waals surface area contributed by atoms with Gasteiger partial charge in [-0.25, -0.2) is 0 Å². The van der Waals surface area contributed by atoms with Crippen LogP contribution in [-0.4, -0.2) is 0 Å². The summed E-state index contributed by atoms with van der Waals surface area (Å²) in [6, 6.07) is 81.4. The maximum Gasteiger partial charge on any atom is -0.00201 e. The Hall–Kier alpha value is -7.80. The van der Waals surface area contributed by atoms with Crippen LogP contribution in [0.15, 0.2) is 218 Å². The highest BCUT2D eigenvalue weighted by molar-refractivity contribution is 6.29. The molecule has 0 saturated heterocycles. The molecule has 0 nitrogen and oxygen atoms in total. The van der Waals surface area contributed by atoms with E-state index in [1.54, 1.807) is 0 Å². The first-order valence-electron chi connectivity index (χ1n) is 20.9. The number of fused-ring (bicyclic) bond motifs is 14. The van der Waals surface area contributed by atoms with Crippen LogP contribution in [0.5, 0.6) is 0 Å². The summed E-state index contributed by atoms with van der Waals surface area (Å²) in [6.45, 7) is 0. The van der Waals surface area contributed by atoms with Gasteiger partial charge < -0.3 is 0 Å². The van der Waals surface area contributed by atoms with E-state index in [4.69, 9.17) is 0 Å². The predicted molar refractivity (Wildman–Crippen MR) is 260 cm³/mol. The highest BCUT2D eigenvalue weighted by Crippen LogP contribution is 2.42. The second kappa shape index (κ2) is 12.9. The molecule has 60 heavy (non-hydrogen) atoms. The molecule has 0 aliphatic carbocycles. The molecule has 13 rings (SSSR count). The molecular weight excluding hydrogens is 721 g/mol. The fraction of sp³-hybridized carbons (Fsp3) is 0. The number of hydrogen-bond donors (Lipinski definition) is 0. The molecule has 0 radical (unpaired) electrons. The Balaban J connectivity index is 0.873. The molecule has 0 heterocycles. The van der Waals surface area contributed by atoms with Crippen molar-refractivity contribution in [2.24, 2.45) is 0 Å². The monoisotopic (exact) mass is 756 g/mol. The zero-order valence-corrected chi connectivity index (χ0v) is 32.8. The van der Waals surface area contributed by atoms with Crippen molar-refractivity contribution >= 4 is 97.0 Å². The SMILES string of the molecule is c1ccc2c(-c3ccc4c(ccc5cc(-c6ccc7c(ccc8cc(-c9cc%10ccc%11ccc%12ccccc%12c%11c%10c%10ccccc9%10)ccc87)c6)ccc54)c3)cccc2c1. The van der Waals surface area contributed by atoms with Crippen molar-refractivity contribution in [3.63, 3.8) is 0 Å². The lowest BCUT2D eigenvalue weighted by atomic mass is 9.88. The second-order valence-electron chi connectivity index (χ2n) is 16.4. The number of benzene rings is 13. The van der Waals surface area contributed by atoms with Crippen LogP contribution in [-0.2, 0) is 0 Å². The molecule has 0 spiro atoms. The van der Waals surface area contributed by atoms with Gasteiger partial charge in [-0.05, 0) is 161 Å². The second-order valence-corrected chi connectivity index (χ2v) is 16.4. The lowest BCUT2D eigenvalue weighted by molar-refractivity contribution is 1.67. The minimum Gasteiger partial charge on any atom is -0.0616 e. The lowest BCUT2D eigenvalue weighted by Gasteiger charge is -2.15. The Morgan fingerprint density at radius 1 is 0.167 bits per heavy atom. The van der Waals surface area contributed by atoms with Crippen molar-refractivity contribution in [2.75, 3.05) is 0 Å². The molecule has 13 aromatic carbocycles. The van der Waals surface area contributed by atoms with E-state index in [1.165, 1.54) is 130 Å². The van der Waals surface area contributed by atoms with Crippen LogP contribution in [0.1, 0.15) is 0 Å². The Labute approximate surface area is 347 Å². The molecule has 0 aliphatic heterocycles. The van der Waals surface area contributed by atoms with Crippen LogP contribution in [0.4, 0.5) is 0 Å². The Morgan fingerprint density at radius 3 is 1.18 bits per heavy atom. The van der Waals surface area contributed by atoms with E-state index < -0.39 is 0 Å². The largest absolute Gasteiger partial charge is 0.0616 e. The molecule has 13 aromatic rings. The van der Waals surface area contributed by atoms with Gasteiger partial charge >= 0.3 is 0 Å². The van der Waals surface area contributed by atoms with E-state index >= 15 is 0 Å². The molecule has 0 unspecified atom stereocenters. The first kappa shape index (κ1) is 33.2. The van der Waals surface area contributed by atoms with Gasteiger partial charge in [0.1, 0.15) is 0 Å². The van der Waals surface area contributed by atoms with Gasteiger partial charge in [0.25, 0.3) is 0 Å². The van der Waals surface area contributed by atoms with Crippen molar-refractivity contribution in [2.45, 2.75) is 0 Å². The van der Waals surface area contributed by atoms with Crippen LogP contribution in [0.2, 0.25) is 0 Å². The van der Waals surface area contributed by atoms with E-state index in [0.29, 0.717) is 0 Å². The predicted octanol–water partition coefficient (Wildman–Crippen LogP) is 17.1. The Kier molecular flexibility index (Phi) is 7.11. The highest BCUT2D eigenvalue weighted by Gasteiger charge is 2.15. The number of hydrogen-bond acceptors (Lipinski definition) is 0. The lowest BCUT2D eigenvalue weighted by Crippen LogP contribution is -1.88. The van der Waals surface area contributed by atoms with Crippen molar-refractivity contribution in [1.29, 1.82) is 0 Å². The van der Waals surface area contributed by atoms with Crippen molar-refractivity contribution in [3.05, 3.63) is 218 Å². The van der Waals surface area contributed by atoms with E-state index in [-0.39, 0.29) is 0 Å². The van der Waals surface area contributed by atoms with Crippen molar-refractivity contribution in [3.8, 4) is 33.4 Å². The highest BCUT2D eigenvalue weighted by atomic mass is 14.2. The topological polar surface area (TPSA) is 0 Å². The fourth-order valence-corrected chi connectivity index (χ4v) is 10.2. The fourth-order valence-electron chi connectivity index (χ4n) is 10.2. The van der Waals surface area contributed by atoms with Crippen LogP contribution in [0, 0.1) is 0 Å². The van der Waals surface area contributed by atoms with Crippen molar-refractivity contribution < 1.29 is 0 Å². The molecule has 0 bridgehead atoms. The van der Waals surface area contributed by atoms with Crippen LogP contribution < -0.4 is 0 Å². The summed E-state index contributed by atoms with van der Waals surface area (Å²) in [4.78, 5) is 0. The Morgan fingerprint density at radius 2 is 0.567 bits per heavy atom. The van der Waals surface area contributed by atoms with Gasteiger partial charge in [0.15, 0.2) is 0 Å². The summed E-state index contributed by atoms with van der Waals surface area (Å²) in [7, 11) is 0. The Bertz CT molecular complexity index is 3940. The van der Waals surface area contributed by atoms with Crippen LogP contribution in [0.3, 0.4) is 0 Å². The summed E-state index contributed by atoms with van der Waals surface area (Å²) in [5, 5.41) is 23.1. The quantitative estimate of drug-likeness (QED) is 0.158. The molecule has 0 aromatic heterocycles. The van der Waals surface area contributed by atoms with E-state index in [1.807, 2.05) is 0 Å². The third-order valence-electron chi connectivity index (χ3n) is 13.1. The van der Waals surface area contributed by atoms with Crippen molar-refractivity contribution in [1.82, 2.24) is 0 Å². The van der Waals surface area contributed by atoms with Gasteiger partial charge in [0, 0.05) is 0 Å². The van der Waals surface area contributed by atoms with Gasteiger partial charge in [-0.15, -0.1) is 0 Å². The van der Waals surface area contributed by atoms with Gasteiger partial charge in [-0.3, -0.25) is 0 Å².